The topological polar surface area (TPSA) is 79.2 Å². The number of nitrogens with zero attached hydrogens (tertiary/aromatic N) is 2. The van der Waals surface area contributed by atoms with Gasteiger partial charge >= 0.3 is 6.03 Å². The molecular weight excluding hydrogens is 335 g/mol. The van der Waals surface area contributed by atoms with Crippen molar-refractivity contribution < 1.29 is 14.3 Å². The Morgan fingerprint density at radius 2 is 1.88 bits per heavy atom. The van der Waals surface area contributed by atoms with Gasteiger partial charge in [-0.2, -0.15) is 5.10 Å². The monoisotopic (exact) mass is 354 g/mol. The normalized spacial score (nSPS) is 11.8. The van der Waals surface area contributed by atoms with E-state index in [2.05, 4.69) is 15.7 Å². The number of urea groups is 1. The first-order chi connectivity index (χ1) is 12.6. The maximum atomic E-state index is 12.9. The largest absolute Gasteiger partial charge is 0.387 e. The summed E-state index contributed by atoms with van der Waals surface area (Å²) in [6.07, 6.45) is 2.70. The molecule has 7 heteroatoms. The molecule has 1 heterocycles. The summed E-state index contributed by atoms with van der Waals surface area (Å²) < 4.78 is 14.7. The van der Waals surface area contributed by atoms with E-state index in [4.69, 9.17) is 0 Å². The van der Waals surface area contributed by atoms with Gasteiger partial charge in [0.2, 0.25) is 0 Å². The molecule has 0 aliphatic rings. The Balaban J connectivity index is 1.47. The second-order valence-corrected chi connectivity index (χ2v) is 5.80. The van der Waals surface area contributed by atoms with Crippen LogP contribution in [0.15, 0.2) is 67.0 Å². The maximum Gasteiger partial charge on any atom is 0.319 e. The maximum absolute atomic E-state index is 12.9. The van der Waals surface area contributed by atoms with E-state index < -0.39 is 12.1 Å². The fourth-order valence-electron chi connectivity index (χ4n) is 2.44. The summed E-state index contributed by atoms with van der Waals surface area (Å²) in [6.45, 7) is 0.679. The lowest BCUT2D eigenvalue weighted by molar-refractivity contribution is 0.175. The summed E-state index contributed by atoms with van der Waals surface area (Å²) in [7, 11) is 0. The van der Waals surface area contributed by atoms with E-state index in [-0.39, 0.29) is 12.4 Å². The number of halogens is 1. The Labute approximate surface area is 150 Å². The lowest BCUT2D eigenvalue weighted by atomic mass is 10.1. The summed E-state index contributed by atoms with van der Waals surface area (Å²) in [5.74, 6) is -0.373. The third-order valence-corrected chi connectivity index (χ3v) is 3.83. The lowest BCUT2D eigenvalue weighted by Crippen LogP contribution is -2.32. The van der Waals surface area contributed by atoms with Crippen molar-refractivity contribution in [3.05, 3.63) is 83.9 Å². The highest BCUT2D eigenvalue weighted by Gasteiger charge is 2.10. The highest BCUT2D eigenvalue weighted by atomic mass is 19.1. The lowest BCUT2D eigenvalue weighted by Gasteiger charge is -2.13. The first-order valence-corrected chi connectivity index (χ1v) is 8.15. The van der Waals surface area contributed by atoms with E-state index in [0.29, 0.717) is 17.8 Å². The first-order valence-electron chi connectivity index (χ1n) is 8.15. The Kier molecular flexibility index (Phi) is 5.60. The molecule has 0 aliphatic heterocycles. The van der Waals surface area contributed by atoms with Crippen molar-refractivity contribution in [2.45, 2.75) is 12.6 Å². The molecule has 134 valence electrons. The quantitative estimate of drug-likeness (QED) is 0.637. The van der Waals surface area contributed by atoms with Crippen LogP contribution in [0.4, 0.5) is 14.9 Å². The number of hydrogen-bond donors (Lipinski definition) is 3. The van der Waals surface area contributed by atoms with Gasteiger partial charge in [0.25, 0.3) is 0 Å². The van der Waals surface area contributed by atoms with E-state index in [1.54, 1.807) is 18.3 Å². The smallest absolute Gasteiger partial charge is 0.319 e. The predicted molar refractivity (Wildman–Crippen MR) is 96.2 cm³/mol. The molecule has 0 saturated carbocycles. The van der Waals surface area contributed by atoms with Crippen LogP contribution in [-0.4, -0.2) is 27.5 Å². The minimum Gasteiger partial charge on any atom is -0.387 e. The van der Waals surface area contributed by atoms with Crippen LogP contribution in [-0.2, 0) is 6.54 Å². The molecule has 1 aromatic heterocycles. The fraction of sp³-hybridized carbons (Fsp3) is 0.158. The van der Waals surface area contributed by atoms with Gasteiger partial charge in [-0.1, -0.05) is 24.3 Å². The molecule has 0 spiro atoms. The summed E-state index contributed by atoms with van der Waals surface area (Å²) in [5, 5.41) is 19.4. The zero-order valence-corrected chi connectivity index (χ0v) is 14.0. The van der Waals surface area contributed by atoms with Crippen molar-refractivity contribution in [3.8, 4) is 0 Å². The van der Waals surface area contributed by atoms with Crippen LogP contribution in [0.25, 0.3) is 0 Å². The molecular formula is C19H19FN4O2. The summed E-state index contributed by atoms with van der Waals surface area (Å²) in [5.41, 5.74) is 2.24. The van der Waals surface area contributed by atoms with Crippen molar-refractivity contribution in [2.75, 3.05) is 11.9 Å². The molecule has 0 bridgehead atoms. The Morgan fingerprint density at radius 1 is 1.15 bits per heavy atom. The molecule has 1 unspecified atom stereocenters. The first kappa shape index (κ1) is 17.6. The van der Waals surface area contributed by atoms with Crippen LogP contribution in [0, 0.1) is 5.82 Å². The number of amides is 2. The van der Waals surface area contributed by atoms with E-state index in [1.165, 1.54) is 24.3 Å². The molecule has 1 atom stereocenters. The van der Waals surface area contributed by atoms with Crippen molar-refractivity contribution in [1.29, 1.82) is 0 Å². The standard InChI is InChI=1S/C19H19FN4O2/c20-16-6-4-15(5-7-16)18(25)12-21-19(26)23-17-8-2-14(3-9-17)13-24-11-1-10-22-24/h1-11,18,25H,12-13H2,(H2,21,23,26). The summed E-state index contributed by atoms with van der Waals surface area (Å²) in [4.78, 5) is 11.9. The third-order valence-electron chi connectivity index (χ3n) is 3.83. The van der Waals surface area contributed by atoms with Crippen molar-refractivity contribution >= 4 is 11.7 Å². The van der Waals surface area contributed by atoms with Crippen molar-refractivity contribution in [2.24, 2.45) is 0 Å². The van der Waals surface area contributed by atoms with Gasteiger partial charge in [0.1, 0.15) is 5.82 Å². The minimum absolute atomic E-state index is 0.0227. The third kappa shape index (κ3) is 4.90. The second-order valence-electron chi connectivity index (χ2n) is 5.80. The molecule has 0 saturated heterocycles. The molecule has 3 rings (SSSR count). The van der Waals surface area contributed by atoms with E-state index in [0.717, 1.165) is 5.56 Å². The van der Waals surface area contributed by atoms with Crippen LogP contribution in [0.3, 0.4) is 0 Å². The van der Waals surface area contributed by atoms with Crippen LogP contribution in [0.1, 0.15) is 17.2 Å². The van der Waals surface area contributed by atoms with Gasteiger partial charge in [0, 0.05) is 24.6 Å². The number of anilines is 1. The van der Waals surface area contributed by atoms with Gasteiger partial charge in [-0.25, -0.2) is 9.18 Å². The highest BCUT2D eigenvalue weighted by molar-refractivity contribution is 5.89. The van der Waals surface area contributed by atoms with Gasteiger partial charge in [0.15, 0.2) is 0 Å². The van der Waals surface area contributed by atoms with Crippen molar-refractivity contribution in [3.63, 3.8) is 0 Å². The van der Waals surface area contributed by atoms with E-state index in [1.807, 2.05) is 29.1 Å². The van der Waals surface area contributed by atoms with Crippen LogP contribution in [0.5, 0.6) is 0 Å². The number of benzene rings is 2. The minimum atomic E-state index is -0.905. The zero-order chi connectivity index (χ0) is 18.4. The number of rotatable bonds is 6. The Morgan fingerprint density at radius 3 is 2.54 bits per heavy atom. The predicted octanol–water partition coefficient (Wildman–Crippen LogP) is 2.93. The van der Waals surface area contributed by atoms with Gasteiger partial charge < -0.3 is 15.7 Å². The Hall–Kier alpha value is -3.19. The van der Waals surface area contributed by atoms with Crippen molar-refractivity contribution in [1.82, 2.24) is 15.1 Å². The molecule has 0 radical (unpaired) electrons. The van der Waals surface area contributed by atoms with Crippen LogP contribution >= 0.6 is 0 Å². The average Bonchev–Trinajstić information content (AvgIpc) is 3.15. The summed E-state index contributed by atoms with van der Waals surface area (Å²) in [6, 6.07) is 14.4. The number of carbonyl (C=O) groups is 1. The molecule has 3 aromatic rings. The molecule has 0 aliphatic carbocycles. The van der Waals surface area contributed by atoms with Gasteiger partial charge in [-0.15, -0.1) is 0 Å². The molecule has 6 nitrogen and oxygen atoms in total. The SMILES string of the molecule is O=C(NCC(O)c1ccc(F)cc1)Nc1ccc(Cn2cccn2)cc1. The number of hydrogen-bond acceptors (Lipinski definition) is 3. The fourth-order valence-corrected chi connectivity index (χ4v) is 2.44. The van der Waals surface area contributed by atoms with Gasteiger partial charge in [-0.05, 0) is 41.5 Å². The number of aliphatic hydroxyl groups excluding tert-OH is 1. The molecule has 2 amide bonds. The molecule has 3 N–H and O–H groups in total. The molecule has 26 heavy (non-hydrogen) atoms. The van der Waals surface area contributed by atoms with Gasteiger partial charge in [0.05, 0.1) is 12.6 Å². The highest BCUT2D eigenvalue weighted by Crippen LogP contribution is 2.13. The van der Waals surface area contributed by atoms with E-state index >= 15 is 0 Å². The Bertz CT molecular complexity index is 833. The molecule has 2 aromatic carbocycles. The average molecular weight is 354 g/mol. The number of carbonyl (C=O) groups excluding carboxylic acids is 1. The van der Waals surface area contributed by atoms with Crippen LogP contribution in [0.2, 0.25) is 0 Å². The van der Waals surface area contributed by atoms with E-state index in [9.17, 15) is 14.3 Å². The van der Waals surface area contributed by atoms with Crippen LogP contribution < -0.4 is 10.6 Å². The number of nitrogens with one attached hydrogen (secondary N) is 2. The van der Waals surface area contributed by atoms with Gasteiger partial charge in [-0.3, -0.25) is 4.68 Å². The number of aliphatic hydroxyl groups is 1. The summed E-state index contributed by atoms with van der Waals surface area (Å²) >= 11 is 0. The zero-order valence-electron chi connectivity index (χ0n) is 14.0. The number of aromatic nitrogens is 2. The molecule has 0 fully saturated rings. The second kappa shape index (κ2) is 8.26.